The molecule has 0 aliphatic carbocycles. The van der Waals surface area contributed by atoms with E-state index in [9.17, 15) is 4.39 Å². The molecule has 1 aromatic carbocycles. The topological polar surface area (TPSA) is 49.8 Å². The summed E-state index contributed by atoms with van der Waals surface area (Å²) in [5, 5.41) is 7.18. The van der Waals surface area contributed by atoms with Crippen LogP contribution in [0.1, 0.15) is 6.42 Å². The summed E-state index contributed by atoms with van der Waals surface area (Å²) in [6.07, 6.45) is 2.69. The van der Waals surface area contributed by atoms with Crippen molar-refractivity contribution in [1.29, 1.82) is 0 Å². The monoisotopic (exact) mass is 268 g/mol. The van der Waals surface area contributed by atoms with E-state index >= 15 is 0 Å². The number of nitrogens with zero attached hydrogens (tertiary/aromatic N) is 2. The van der Waals surface area contributed by atoms with E-state index in [1.807, 2.05) is 0 Å². The average molecular weight is 269 g/mol. The first-order valence-corrected chi connectivity index (χ1v) is 5.71. The van der Waals surface area contributed by atoms with Crippen LogP contribution in [-0.4, -0.2) is 29.1 Å². The van der Waals surface area contributed by atoms with Crippen LogP contribution in [0.5, 0.6) is 0 Å². The van der Waals surface area contributed by atoms with Gasteiger partial charge in [0.25, 0.3) is 0 Å². The van der Waals surface area contributed by atoms with Crippen LogP contribution in [0.4, 0.5) is 10.3 Å². The Labute approximate surface area is 110 Å². The third-order valence-corrected chi connectivity index (χ3v) is 2.96. The number of anilines is 1. The van der Waals surface area contributed by atoms with Gasteiger partial charge in [-0.25, -0.2) is 14.4 Å². The molecule has 3 rings (SSSR count). The Morgan fingerprint density at radius 2 is 2.28 bits per heavy atom. The fourth-order valence-electron chi connectivity index (χ4n) is 2.05. The van der Waals surface area contributed by atoms with Gasteiger partial charge in [-0.1, -0.05) is 12.1 Å². The summed E-state index contributed by atoms with van der Waals surface area (Å²) >= 11 is 0. The zero-order chi connectivity index (χ0) is 11.7. The molecular weight excluding hydrogens is 255 g/mol. The molecule has 1 fully saturated rings. The number of nitrogens with one attached hydrogen (secondary N) is 2. The van der Waals surface area contributed by atoms with Gasteiger partial charge in [0, 0.05) is 24.2 Å². The summed E-state index contributed by atoms with van der Waals surface area (Å²) in [4.78, 5) is 8.41. The second-order valence-electron chi connectivity index (χ2n) is 4.21. The van der Waals surface area contributed by atoms with Crippen LogP contribution in [0, 0.1) is 5.82 Å². The molecule has 1 aliphatic rings. The molecule has 1 aromatic heterocycles. The average Bonchev–Trinajstić information content (AvgIpc) is 2.83. The fourth-order valence-corrected chi connectivity index (χ4v) is 2.05. The number of halogens is 2. The van der Waals surface area contributed by atoms with Crippen LogP contribution in [0.15, 0.2) is 24.4 Å². The summed E-state index contributed by atoms with van der Waals surface area (Å²) in [6, 6.07) is 5.21. The lowest BCUT2D eigenvalue weighted by Gasteiger charge is -2.11. The molecular formula is C12H14ClFN4. The Kier molecular flexibility index (Phi) is 3.93. The van der Waals surface area contributed by atoms with Crippen molar-refractivity contribution in [2.24, 2.45) is 0 Å². The van der Waals surface area contributed by atoms with E-state index in [1.165, 1.54) is 6.07 Å². The number of para-hydroxylation sites is 1. The number of hydrogen-bond acceptors (Lipinski definition) is 4. The molecule has 0 bridgehead atoms. The number of benzene rings is 1. The van der Waals surface area contributed by atoms with Gasteiger partial charge in [-0.3, -0.25) is 0 Å². The van der Waals surface area contributed by atoms with Crippen LogP contribution < -0.4 is 10.6 Å². The molecule has 0 radical (unpaired) electrons. The van der Waals surface area contributed by atoms with Gasteiger partial charge in [0.05, 0.1) is 0 Å². The quantitative estimate of drug-likeness (QED) is 0.874. The van der Waals surface area contributed by atoms with Crippen molar-refractivity contribution < 1.29 is 4.39 Å². The first-order chi connectivity index (χ1) is 8.33. The normalized spacial score (nSPS) is 18.6. The minimum absolute atomic E-state index is 0. The molecule has 4 nitrogen and oxygen atoms in total. The largest absolute Gasteiger partial charge is 0.350 e. The van der Waals surface area contributed by atoms with E-state index in [0.29, 0.717) is 17.5 Å². The molecule has 1 saturated heterocycles. The van der Waals surface area contributed by atoms with Crippen molar-refractivity contribution in [2.45, 2.75) is 12.5 Å². The van der Waals surface area contributed by atoms with Crippen molar-refractivity contribution in [3.8, 4) is 0 Å². The highest BCUT2D eigenvalue weighted by Gasteiger charge is 2.15. The maximum atomic E-state index is 13.5. The smallest absolute Gasteiger partial charge is 0.223 e. The standard InChI is InChI=1S/C12H13FN4.ClH/c13-10-3-1-2-8-6-15-12(17-11(8)10)16-9-4-5-14-7-9;/h1-3,6,9,14H,4-5,7H2,(H,15,16,17);1H/t9-;/m1./s1. The van der Waals surface area contributed by atoms with E-state index in [1.54, 1.807) is 18.3 Å². The lowest BCUT2D eigenvalue weighted by molar-refractivity contribution is 0.636. The van der Waals surface area contributed by atoms with E-state index in [4.69, 9.17) is 0 Å². The van der Waals surface area contributed by atoms with Gasteiger partial charge in [-0.05, 0) is 19.0 Å². The predicted molar refractivity (Wildman–Crippen MR) is 71.6 cm³/mol. The zero-order valence-electron chi connectivity index (χ0n) is 9.69. The van der Waals surface area contributed by atoms with Crippen LogP contribution >= 0.6 is 12.4 Å². The Bertz CT molecular complexity index is 543. The van der Waals surface area contributed by atoms with E-state index in [-0.39, 0.29) is 18.2 Å². The molecule has 2 aromatic rings. The molecule has 18 heavy (non-hydrogen) atoms. The van der Waals surface area contributed by atoms with Crippen molar-refractivity contribution in [2.75, 3.05) is 18.4 Å². The molecule has 1 aliphatic heterocycles. The lowest BCUT2D eigenvalue weighted by atomic mass is 10.2. The minimum Gasteiger partial charge on any atom is -0.350 e. The Hall–Kier alpha value is -1.46. The highest BCUT2D eigenvalue weighted by atomic mass is 35.5. The second kappa shape index (κ2) is 5.46. The SMILES string of the molecule is Cl.Fc1cccc2cnc(N[C@@H]3CCNC3)nc12. The first-order valence-electron chi connectivity index (χ1n) is 5.71. The van der Waals surface area contributed by atoms with Gasteiger partial charge in [0.15, 0.2) is 0 Å². The predicted octanol–water partition coefficient (Wildman–Crippen LogP) is 1.96. The van der Waals surface area contributed by atoms with Gasteiger partial charge in [0.2, 0.25) is 5.95 Å². The summed E-state index contributed by atoms with van der Waals surface area (Å²) in [5.74, 6) is 0.189. The Balaban J connectivity index is 0.00000120. The van der Waals surface area contributed by atoms with Crippen LogP contribution in [0.2, 0.25) is 0 Å². The Morgan fingerprint density at radius 3 is 3.06 bits per heavy atom. The highest BCUT2D eigenvalue weighted by Crippen LogP contribution is 2.16. The van der Waals surface area contributed by atoms with Gasteiger partial charge in [-0.2, -0.15) is 0 Å². The molecule has 0 unspecified atom stereocenters. The van der Waals surface area contributed by atoms with Gasteiger partial charge >= 0.3 is 0 Å². The molecule has 0 saturated carbocycles. The summed E-state index contributed by atoms with van der Waals surface area (Å²) < 4.78 is 13.5. The number of hydrogen-bond donors (Lipinski definition) is 2. The number of rotatable bonds is 2. The second-order valence-corrected chi connectivity index (χ2v) is 4.21. The van der Waals surface area contributed by atoms with Crippen molar-refractivity contribution in [1.82, 2.24) is 15.3 Å². The van der Waals surface area contributed by atoms with Crippen molar-refractivity contribution >= 4 is 29.3 Å². The van der Waals surface area contributed by atoms with Crippen LogP contribution in [0.3, 0.4) is 0 Å². The van der Waals surface area contributed by atoms with E-state index in [2.05, 4.69) is 20.6 Å². The highest BCUT2D eigenvalue weighted by molar-refractivity contribution is 5.85. The van der Waals surface area contributed by atoms with Crippen molar-refractivity contribution in [3.05, 3.63) is 30.2 Å². The molecule has 2 heterocycles. The molecule has 6 heteroatoms. The zero-order valence-corrected chi connectivity index (χ0v) is 10.5. The summed E-state index contributed by atoms with van der Waals surface area (Å²) in [7, 11) is 0. The van der Waals surface area contributed by atoms with Gasteiger partial charge < -0.3 is 10.6 Å². The van der Waals surface area contributed by atoms with E-state index < -0.39 is 0 Å². The van der Waals surface area contributed by atoms with E-state index in [0.717, 1.165) is 24.9 Å². The maximum absolute atomic E-state index is 13.5. The molecule has 0 amide bonds. The molecule has 96 valence electrons. The number of fused-ring (bicyclic) bond motifs is 1. The minimum atomic E-state index is -0.308. The summed E-state index contributed by atoms with van der Waals surface area (Å²) in [5.41, 5.74) is 0.371. The fraction of sp³-hybridized carbons (Fsp3) is 0.333. The molecule has 1 atom stereocenters. The van der Waals surface area contributed by atoms with Crippen LogP contribution in [0.25, 0.3) is 10.9 Å². The van der Waals surface area contributed by atoms with Crippen LogP contribution in [-0.2, 0) is 0 Å². The lowest BCUT2D eigenvalue weighted by Crippen LogP contribution is -2.23. The Morgan fingerprint density at radius 1 is 1.39 bits per heavy atom. The maximum Gasteiger partial charge on any atom is 0.223 e. The third-order valence-electron chi connectivity index (χ3n) is 2.96. The molecule has 2 N–H and O–H groups in total. The first kappa shape index (κ1) is 13.0. The number of aromatic nitrogens is 2. The summed E-state index contributed by atoms with van der Waals surface area (Å²) in [6.45, 7) is 1.90. The van der Waals surface area contributed by atoms with Gasteiger partial charge in [0.1, 0.15) is 11.3 Å². The van der Waals surface area contributed by atoms with Crippen molar-refractivity contribution in [3.63, 3.8) is 0 Å². The third kappa shape index (κ3) is 2.52. The van der Waals surface area contributed by atoms with Gasteiger partial charge in [-0.15, -0.1) is 12.4 Å². The molecule has 0 spiro atoms.